The fourth-order valence-corrected chi connectivity index (χ4v) is 5.16. The summed E-state index contributed by atoms with van der Waals surface area (Å²) in [5, 5.41) is 0. The Balaban J connectivity index is 1.37. The van der Waals surface area contributed by atoms with Crippen LogP contribution in [0.2, 0.25) is 0 Å². The molecule has 0 aromatic heterocycles. The Morgan fingerprint density at radius 3 is 2.07 bits per heavy atom. The van der Waals surface area contributed by atoms with Gasteiger partial charge in [-0.25, -0.2) is 9.79 Å². The molecular formula is C38H37N3O3. The van der Waals surface area contributed by atoms with E-state index in [0.717, 1.165) is 29.0 Å². The van der Waals surface area contributed by atoms with E-state index in [9.17, 15) is 9.59 Å². The predicted octanol–water partition coefficient (Wildman–Crippen LogP) is 9.04. The lowest BCUT2D eigenvalue weighted by atomic mass is 10.1. The molecule has 0 unspecified atom stereocenters. The van der Waals surface area contributed by atoms with Crippen LogP contribution in [0.5, 0.6) is 0 Å². The van der Waals surface area contributed by atoms with E-state index in [4.69, 9.17) is 9.73 Å². The van der Waals surface area contributed by atoms with Crippen molar-refractivity contribution in [1.82, 2.24) is 4.90 Å². The van der Waals surface area contributed by atoms with E-state index in [2.05, 4.69) is 48.2 Å². The molecule has 1 saturated heterocycles. The maximum atomic E-state index is 13.4. The molecule has 6 heteroatoms. The van der Waals surface area contributed by atoms with Crippen molar-refractivity contribution in [3.05, 3.63) is 138 Å². The molecule has 0 spiro atoms. The van der Waals surface area contributed by atoms with Gasteiger partial charge in [0.25, 0.3) is 5.91 Å². The average molecular weight is 584 g/mol. The minimum absolute atomic E-state index is 0.0757. The van der Waals surface area contributed by atoms with Crippen LogP contribution in [0, 0.1) is 0 Å². The fourth-order valence-electron chi connectivity index (χ4n) is 5.16. The Bertz CT molecular complexity index is 1620. The molecule has 44 heavy (non-hydrogen) atoms. The van der Waals surface area contributed by atoms with Crippen LogP contribution in [0.4, 0.5) is 22.7 Å². The number of hydrogen-bond acceptors (Lipinski definition) is 5. The van der Waals surface area contributed by atoms with Crippen molar-refractivity contribution in [2.75, 3.05) is 18.1 Å². The lowest BCUT2D eigenvalue weighted by molar-refractivity contribution is -0.122. The summed E-state index contributed by atoms with van der Waals surface area (Å²) < 4.78 is 5.48. The summed E-state index contributed by atoms with van der Waals surface area (Å²) in [4.78, 5) is 34.9. The number of para-hydroxylation sites is 3. The molecule has 0 saturated carbocycles. The minimum atomic E-state index is -0.418. The first kappa shape index (κ1) is 30.2. The van der Waals surface area contributed by atoms with E-state index in [1.54, 1.807) is 23.1 Å². The number of anilines is 3. The van der Waals surface area contributed by atoms with Crippen molar-refractivity contribution < 1.29 is 14.3 Å². The van der Waals surface area contributed by atoms with Crippen molar-refractivity contribution >= 4 is 46.5 Å². The molecule has 1 aliphatic rings. The Morgan fingerprint density at radius 1 is 0.818 bits per heavy atom. The molecule has 1 heterocycles. The van der Waals surface area contributed by atoms with E-state index < -0.39 is 5.97 Å². The third-order valence-corrected chi connectivity index (χ3v) is 7.31. The number of hydrogen-bond donors (Lipinski definition) is 0. The summed E-state index contributed by atoms with van der Waals surface area (Å²) in [6.07, 6.45) is 7.97. The van der Waals surface area contributed by atoms with Gasteiger partial charge in [-0.2, -0.15) is 0 Å². The standard InChI is InChI=1S/C38H37N3O3/c1-3-5-6-15-26-44-38(43)34-20-13-14-21-35(34)39-36-28-30(37(42)40(36)4-2)27-29-22-24-33(25-23-29)41(31-16-9-7-10-17-31)32-18-11-8-12-19-32/h5-14,16-25,27H,3-4,15,26,28H2,1-2H3/b6-5-,30-27-,39-36?. The molecule has 222 valence electrons. The van der Waals surface area contributed by atoms with Gasteiger partial charge in [0.15, 0.2) is 0 Å². The summed E-state index contributed by atoms with van der Waals surface area (Å²) in [5.41, 5.74) is 5.61. The Morgan fingerprint density at radius 2 is 1.43 bits per heavy atom. The molecule has 4 aromatic rings. The average Bonchev–Trinajstić information content (AvgIpc) is 3.35. The topological polar surface area (TPSA) is 62.2 Å². The summed E-state index contributed by atoms with van der Waals surface area (Å²) in [6, 6.07) is 35.8. The molecule has 5 rings (SSSR count). The number of amidine groups is 1. The number of carbonyl (C=O) groups excluding carboxylic acids is 2. The van der Waals surface area contributed by atoms with Crippen LogP contribution in [-0.4, -0.2) is 35.8 Å². The highest BCUT2D eigenvalue weighted by atomic mass is 16.5. The number of likely N-dealkylation sites (tertiary alicyclic amines) is 1. The molecule has 0 atom stereocenters. The number of allylic oxidation sites excluding steroid dienone is 1. The first-order valence-corrected chi connectivity index (χ1v) is 15.1. The lowest BCUT2D eigenvalue weighted by Crippen LogP contribution is -2.29. The van der Waals surface area contributed by atoms with Gasteiger partial charge in [-0.3, -0.25) is 9.69 Å². The summed E-state index contributed by atoms with van der Waals surface area (Å²) in [6.45, 7) is 4.78. The zero-order valence-electron chi connectivity index (χ0n) is 25.2. The van der Waals surface area contributed by atoms with Crippen LogP contribution in [0.3, 0.4) is 0 Å². The maximum Gasteiger partial charge on any atom is 0.340 e. The van der Waals surface area contributed by atoms with E-state index in [1.807, 2.05) is 79.7 Å². The second-order valence-corrected chi connectivity index (χ2v) is 10.3. The molecule has 1 aliphatic heterocycles. The third-order valence-electron chi connectivity index (χ3n) is 7.31. The van der Waals surface area contributed by atoms with Gasteiger partial charge in [0.1, 0.15) is 5.84 Å². The van der Waals surface area contributed by atoms with Crippen molar-refractivity contribution in [3.63, 3.8) is 0 Å². The van der Waals surface area contributed by atoms with Gasteiger partial charge in [-0.1, -0.05) is 79.7 Å². The van der Waals surface area contributed by atoms with E-state index in [0.29, 0.717) is 48.7 Å². The molecule has 6 nitrogen and oxygen atoms in total. The highest BCUT2D eigenvalue weighted by Gasteiger charge is 2.31. The van der Waals surface area contributed by atoms with Gasteiger partial charge in [0.2, 0.25) is 0 Å². The number of aliphatic imine (C=N–C) groups is 1. The van der Waals surface area contributed by atoms with E-state index in [-0.39, 0.29) is 5.91 Å². The van der Waals surface area contributed by atoms with Crippen molar-refractivity contribution in [1.29, 1.82) is 0 Å². The van der Waals surface area contributed by atoms with E-state index in [1.165, 1.54) is 0 Å². The molecule has 0 radical (unpaired) electrons. The molecular weight excluding hydrogens is 546 g/mol. The van der Waals surface area contributed by atoms with E-state index >= 15 is 0 Å². The third kappa shape index (κ3) is 7.21. The Hall–Kier alpha value is -5.23. The second kappa shape index (κ2) is 14.8. The van der Waals surface area contributed by atoms with Crippen LogP contribution in [0.15, 0.2) is 132 Å². The van der Waals surface area contributed by atoms with Gasteiger partial charge in [0.05, 0.1) is 17.9 Å². The number of esters is 1. The first-order chi connectivity index (χ1) is 21.6. The largest absolute Gasteiger partial charge is 0.462 e. The number of benzene rings is 4. The maximum absolute atomic E-state index is 13.4. The smallest absolute Gasteiger partial charge is 0.340 e. The summed E-state index contributed by atoms with van der Waals surface area (Å²) in [7, 11) is 0. The lowest BCUT2D eigenvalue weighted by Gasteiger charge is -2.25. The Kier molecular flexibility index (Phi) is 10.2. The molecule has 0 aliphatic carbocycles. The minimum Gasteiger partial charge on any atom is -0.462 e. The molecule has 1 fully saturated rings. The highest BCUT2D eigenvalue weighted by Crippen LogP contribution is 2.34. The number of likely N-dealkylation sites (N-methyl/N-ethyl adjacent to an activating group) is 1. The van der Waals surface area contributed by atoms with Crippen molar-refractivity contribution in [3.8, 4) is 0 Å². The van der Waals surface area contributed by atoms with Crippen LogP contribution in [0.25, 0.3) is 6.08 Å². The number of ether oxygens (including phenoxy) is 1. The number of carbonyl (C=O) groups is 2. The quantitative estimate of drug-likeness (QED) is 0.0765. The normalized spacial score (nSPS) is 15.0. The highest BCUT2D eigenvalue weighted by molar-refractivity contribution is 6.18. The molecule has 4 aromatic carbocycles. The predicted molar refractivity (Wildman–Crippen MR) is 179 cm³/mol. The van der Waals surface area contributed by atoms with Gasteiger partial charge in [-0.05, 0) is 79.9 Å². The summed E-state index contributed by atoms with van der Waals surface area (Å²) >= 11 is 0. The van der Waals surface area contributed by atoms with Gasteiger partial charge < -0.3 is 9.64 Å². The van der Waals surface area contributed by atoms with Crippen LogP contribution >= 0.6 is 0 Å². The van der Waals surface area contributed by atoms with Crippen LogP contribution in [-0.2, 0) is 9.53 Å². The van der Waals surface area contributed by atoms with Crippen LogP contribution in [0.1, 0.15) is 49.0 Å². The SMILES string of the molecule is CC/C=C\CCOC(=O)c1ccccc1N=C1C/C(=C/c2ccc(N(c3ccccc3)c3ccccc3)cc2)C(=O)N1CC. The van der Waals surface area contributed by atoms with Crippen molar-refractivity contribution in [2.45, 2.75) is 33.1 Å². The van der Waals surface area contributed by atoms with Gasteiger partial charge in [-0.15, -0.1) is 0 Å². The summed E-state index contributed by atoms with van der Waals surface area (Å²) in [5.74, 6) is 0.122. The molecule has 0 bridgehead atoms. The monoisotopic (exact) mass is 583 g/mol. The zero-order valence-corrected chi connectivity index (χ0v) is 25.2. The molecule has 1 amide bonds. The number of amides is 1. The van der Waals surface area contributed by atoms with Gasteiger partial charge in [0, 0.05) is 35.6 Å². The Labute approximate surface area is 259 Å². The second-order valence-electron chi connectivity index (χ2n) is 10.3. The first-order valence-electron chi connectivity index (χ1n) is 15.1. The molecule has 0 N–H and O–H groups in total. The number of rotatable bonds is 11. The zero-order chi connectivity index (χ0) is 30.7. The van der Waals surface area contributed by atoms with Crippen LogP contribution < -0.4 is 4.90 Å². The van der Waals surface area contributed by atoms with Crippen molar-refractivity contribution in [2.24, 2.45) is 4.99 Å². The number of nitrogens with zero attached hydrogens (tertiary/aromatic N) is 3. The van der Waals surface area contributed by atoms with Gasteiger partial charge >= 0.3 is 5.97 Å². The fraction of sp³-hybridized carbons (Fsp3) is 0.184.